The van der Waals surface area contributed by atoms with Gasteiger partial charge in [-0.05, 0) is 0 Å². The molecule has 2 saturated heterocycles. The molecule has 2 fully saturated rings. The minimum atomic E-state index is -4.29. The zero-order chi connectivity index (χ0) is 16.4. The number of carbonyl (C=O) groups is 1. The van der Waals surface area contributed by atoms with Crippen LogP contribution in [0.2, 0.25) is 0 Å². The van der Waals surface area contributed by atoms with Crippen LogP contribution in [0.4, 0.5) is 17.5 Å². The number of Topliss-reactive ketones (excluding diaryl/α,β-unsaturated/α-hetero) is 1. The van der Waals surface area contributed by atoms with Crippen LogP contribution in [-0.2, 0) is 23.1 Å². The van der Waals surface area contributed by atoms with Crippen LogP contribution in [0, 0.1) is 0 Å². The Balaban J connectivity index is 1.68. The number of nitrogens with one attached hydrogen (secondary N) is 3. The predicted octanol–water partition coefficient (Wildman–Crippen LogP) is -1.63. The Kier molecular flexibility index (Phi) is 3.02. The Morgan fingerprint density at radius 2 is 2.13 bits per heavy atom. The van der Waals surface area contributed by atoms with Gasteiger partial charge in [0.2, 0.25) is 5.95 Å². The molecule has 0 saturated carbocycles. The number of ether oxygens (including phenoxy) is 1. The van der Waals surface area contributed by atoms with Gasteiger partial charge in [-0.2, -0.15) is 4.98 Å². The molecular weight excluding hydrogens is 333 g/mol. The van der Waals surface area contributed by atoms with Crippen molar-refractivity contribution in [1.29, 1.82) is 0 Å². The highest BCUT2D eigenvalue weighted by molar-refractivity contribution is 7.47. The summed E-state index contributed by atoms with van der Waals surface area (Å²) in [5, 5.41) is 5.52. The number of fused-ring (bicyclic) bond motifs is 3. The number of aromatic amines is 1. The molecule has 3 aliphatic heterocycles. The molecule has 0 spiro atoms. The molecule has 1 aromatic rings. The monoisotopic (exact) mass is 345 g/mol. The van der Waals surface area contributed by atoms with Gasteiger partial charge >= 0.3 is 7.82 Å². The number of nitrogens with two attached hydrogens (primary N) is 1. The van der Waals surface area contributed by atoms with E-state index in [1.807, 2.05) is 0 Å². The number of aromatic nitrogens is 2. The molecule has 4 rings (SSSR count). The van der Waals surface area contributed by atoms with Crippen LogP contribution in [0.5, 0.6) is 0 Å². The highest BCUT2D eigenvalue weighted by Crippen LogP contribution is 2.50. The van der Waals surface area contributed by atoms with Crippen molar-refractivity contribution in [1.82, 2.24) is 9.97 Å². The van der Waals surface area contributed by atoms with E-state index in [1.54, 1.807) is 0 Å². The van der Waals surface area contributed by atoms with Crippen LogP contribution in [0.1, 0.15) is 0 Å². The number of carbonyl (C=O) groups excluding carboxylic acids is 1. The number of hydrogen-bond acceptors (Lipinski definition) is 10. The molecule has 0 radical (unpaired) electrons. The molecule has 23 heavy (non-hydrogen) atoms. The molecule has 3 aliphatic rings. The molecule has 0 amide bonds. The van der Waals surface area contributed by atoms with E-state index in [9.17, 15) is 19.0 Å². The van der Waals surface area contributed by atoms with Crippen molar-refractivity contribution in [2.24, 2.45) is 0 Å². The van der Waals surface area contributed by atoms with Gasteiger partial charge in [-0.3, -0.25) is 23.6 Å². The molecule has 13 heteroatoms. The van der Waals surface area contributed by atoms with Crippen molar-refractivity contribution in [2.75, 3.05) is 23.0 Å². The van der Waals surface area contributed by atoms with E-state index in [0.717, 1.165) is 0 Å². The topological polar surface area (TPSA) is 178 Å². The van der Waals surface area contributed by atoms with Crippen LogP contribution >= 0.6 is 7.82 Å². The Hall–Kier alpha value is -1.98. The summed E-state index contributed by atoms with van der Waals surface area (Å²) < 4.78 is 26.5. The number of nitrogen functional groups attached to an aromatic ring is 1. The normalized spacial score (nSPS) is 38.6. The maximum Gasteiger partial charge on any atom is 0.473 e. The summed E-state index contributed by atoms with van der Waals surface area (Å²) in [5.74, 6) is -0.477. The number of ketones is 1. The summed E-state index contributed by atoms with van der Waals surface area (Å²) in [6, 6.07) is -0.992. The highest BCUT2D eigenvalue weighted by atomic mass is 31.2. The molecule has 0 aliphatic carbocycles. The number of nitrogens with zero attached hydrogens (tertiary/aromatic N) is 1. The Labute approximate surface area is 127 Å². The van der Waals surface area contributed by atoms with Crippen molar-refractivity contribution in [3.8, 4) is 0 Å². The van der Waals surface area contributed by atoms with Crippen LogP contribution < -0.4 is 21.9 Å². The van der Waals surface area contributed by atoms with E-state index in [1.165, 1.54) is 0 Å². The highest BCUT2D eigenvalue weighted by Gasteiger charge is 2.53. The molecule has 6 N–H and O–H groups in total. The fourth-order valence-corrected chi connectivity index (χ4v) is 3.64. The molecular formula is C10H12N5O7P. The largest absolute Gasteiger partial charge is 0.473 e. The van der Waals surface area contributed by atoms with Crippen molar-refractivity contribution >= 4 is 31.1 Å². The third-order valence-electron chi connectivity index (χ3n) is 3.71. The SMILES string of the molecule is Nc1nc2c(c(=O)[nH]1)N[C@H]1C(=O)C3OP(=O)(O)OCC3O[C@H]1N2. The number of hydrogen-bond donors (Lipinski definition) is 5. The zero-order valence-corrected chi connectivity index (χ0v) is 12.3. The Bertz CT molecular complexity index is 796. The Morgan fingerprint density at radius 3 is 2.91 bits per heavy atom. The van der Waals surface area contributed by atoms with E-state index < -0.39 is 43.6 Å². The molecule has 124 valence electrons. The maximum absolute atomic E-state index is 12.5. The molecule has 3 unspecified atom stereocenters. The van der Waals surface area contributed by atoms with E-state index >= 15 is 0 Å². The lowest BCUT2D eigenvalue weighted by Gasteiger charge is -2.44. The lowest BCUT2D eigenvalue weighted by atomic mass is 9.96. The first-order valence-electron chi connectivity index (χ1n) is 6.62. The van der Waals surface area contributed by atoms with Crippen LogP contribution in [0.15, 0.2) is 4.79 Å². The van der Waals surface area contributed by atoms with Gasteiger partial charge < -0.3 is 26.0 Å². The number of phosphoric ester groups is 1. The van der Waals surface area contributed by atoms with Gasteiger partial charge in [0.05, 0.1) is 6.61 Å². The third kappa shape index (κ3) is 2.31. The first-order chi connectivity index (χ1) is 10.8. The van der Waals surface area contributed by atoms with E-state index in [-0.39, 0.29) is 24.1 Å². The summed E-state index contributed by atoms with van der Waals surface area (Å²) in [6.07, 6.45) is -2.97. The summed E-state index contributed by atoms with van der Waals surface area (Å²) >= 11 is 0. The standard InChI is InChI=1S/C10H12N5O7P/c11-10-14-7-4(8(17)15-10)12-3-5(16)6-2(21-9(3)13-7)1-20-23(18,19)22-6/h2-3,6,9,12H,1H2,(H,18,19)(H4,11,13,14,15,17)/t2?,3-,6?,9+/m0/s1. The van der Waals surface area contributed by atoms with Crippen LogP contribution in [0.3, 0.4) is 0 Å². The fourth-order valence-electron chi connectivity index (χ4n) is 2.72. The predicted molar refractivity (Wildman–Crippen MR) is 74.6 cm³/mol. The molecule has 5 atom stereocenters. The summed E-state index contributed by atoms with van der Waals surface area (Å²) in [4.78, 5) is 40.0. The smallest absolute Gasteiger partial charge is 0.369 e. The minimum absolute atomic E-state index is 0.0232. The summed E-state index contributed by atoms with van der Waals surface area (Å²) in [7, 11) is -4.29. The van der Waals surface area contributed by atoms with Gasteiger partial charge in [0.15, 0.2) is 23.9 Å². The maximum atomic E-state index is 12.5. The second-order valence-electron chi connectivity index (χ2n) is 5.23. The van der Waals surface area contributed by atoms with Gasteiger partial charge in [-0.1, -0.05) is 0 Å². The lowest BCUT2D eigenvalue weighted by molar-refractivity contribution is -0.169. The van der Waals surface area contributed by atoms with Crippen LogP contribution in [0.25, 0.3) is 0 Å². The van der Waals surface area contributed by atoms with Gasteiger partial charge in [-0.25, -0.2) is 4.57 Å². The van der Waals surface area contributed by atoms with E-state index in [2.05, 4.69) is 25.1 Å². The molecule has 1 aromatic heterocycles. The first kappa shape index (κ1) is 14.6. The van der Waals surface area contributed by atoms with Gasteiger partial charge in [0.25, 0.3) is 5.56 Å². The first-order valence-corrected chi connectivity index (χ1v) is 8.11. The second kappa shape index (κ2) is 4.76. The molecule has 0 bridgehead atoms. The van der Waals surface area contributed by atoms with Crippen molar-refractivity contribution in [3.05, 3.63) is 10.4 Å². The van der Waals surface area contributed by atoms with Gasteiger partial charge in [0.1, 0.15) is 17.8 Å². The van der Waals surface area contributed by atoms with Crippen molar-refractivity contribution in [3.63, 3.8) is 0 Å². The Morgan fingerprint density at radius 1 is 1.35 bits per heavy atom. The van der Waals surface area contributed by atoms with E-state index in [0.29, 0.717) is 0 Å². The van der Waals surface area contributed by atoms with Crippen LogP contribution in [-0.4, -0.2) is 51.7 Å². The fraction of sp³-hybridized carbons (Fsp3) is 0.500. The third-order valence-corrected chi connectivity index (χ3v) is 4.68. The summed E-state index contributed by atoms with van der Waals surface area (Å²) in [6.45, 7) is -0.271. The van der Waals surface area contributed by atoms with Gasteiger partial charge in [0, 0.05) is 0 Å². The number of phosphoric acid groups is 1. The number of anilines is 3. The zero-order valence-electron chi connectivity index (χ0n) is 11.4. The molecule has 0 aromatic carbocycles. The average molecular weight is 345 g/mol. The molecule has 4 heterocycles. The quantitative estimate of drug-likeness (QED) is 0.341. The minimum Gasteiger partial charge on any atom is -0.369 e. The van der Waals surface area contributed by atoms with Gasteiger partial charge in [-0.15, -0.1) is 0 Å². The average Bonchev–Trinajstić information content (AvgIpc) is 2.46. The number of rotatable bonds is 0. The summed E-state index contributed by atoms with van der Waals surface area (Å²) in [5.41, 5.74) is 4.94. The number of H-pyrrole nitrogens is 1. The van der Waals surface area contributed by atoms with Crippen molar-refractivity contribution < 1.29 is 28.0 Å². The lowest BCUT2D eigenvalue weighted by Crippen LogP contribution is -2.64. The van der Waals surface area contributed by atoms with E-state index in [4.69, 9.17) is 15.0 Å². The second-order valence-corrected chi connectivity index (χ2v) is 6.64. The molecule has 12 nitrogen and oxygen atoms in total. The van der Waals surface area contributed by atoms with Crippen molar-refractivity contribution in [2.45, 2.75) is 24.5 Å².